The van der Waals surface area contributed by atoms with E-state index in [9.17, 15) is 0 Å². The molecule has 19 heavy (non-hydrogen) atoms. The lowest BCUT2D eigenvalue weighted by atomic mass is 10.1. The predicted molar refractivity (Wildman–Crippen MR) is 80.1 cm³/mol. The molecule has 96 valence electrons. The van der Waals surface area contributed by atoms with E-state index in [0.29, 0.717) is 4.84 Å². The van der Waals surface area contributed by atoms with Gasteiger partial charge in [-0.1, -0.05) is 30.3 Å². The van der Waals surface area contributed by atoms with Crippen LogP contribution in [0.4, 0.5) is 0 Å². The smallest absolute Gasteiger partial charge is 0.269 e. The number of nitrogens with zero attached hydrogens (tertiary/aromatic N) is 1. The third-order valence-corrected chi connectivity index (χ3v) is 3.72. The van der Waals surface area contributed by atoms with Crippen molar-refractivity contribution in [1.29, 1.82) is 0 Å². The first kappa shape index (κ1) is 12.2. The minimum Gasteiger partial charge on any atom is -0.429 e. The van der Waals surface area contributed by atoms with Crippen LogP contribution in [-0.4, -0.2) is 4.57 Å². The van der Waals surface area contributed by atoms with Gasteiger partial charge in [-0.3, -0.25) is 4.57 Å². The average Bonchev–Trinajstić information content (AvgIpc) is 2.69. The third kappa shape index (κ3) is 2.22. The van der Waals surface area contributed by atoms with Crippen molar-refractivity contribution in [1.82, 2.24) is 4.57 Å². The fourth-order valence-electron chi connectivity index (χ4n) is 2.28. The molecule has 0 radical (unpaired) electrons. The van der Waals surface area contributed by atoms with E-state index in [1.54, 1.807) is 0 Å². The molecular weight excluding hydrogens is 254 g/mol. The molecule has 0 aliphatic heterocycles. The SMILES string of the molecule is Cc1ccc2oc(=S)n(Cc3ccccc3C)c2c1. The van der Waals surface area contributed by atoms with Gasteiger partial charge in [-0.2, -0.15) is 0 Å². The molecule has 0 unspecified atom stereocenters. The maximum atomic E-state index is 5.64. The Morgan fingerprint density at radius 2 is 1.89 bits per heavy atom. The molecule has 0 saturated carbocycles. The Hall–Kier alpha value is -1.87. The summed E-state index contributed by atoms with van der Waals surface area (Å²) in [6.07, 6.45) is 0. The van der Waals surface area contributed by atoms with Crippen molar-refractivity contribution in [2.75, 3.05) is 0 Å². The Morgan fingerprint density at radius 1 is 1.11 bits per heavy atom. The highest BCUT2D eigenvalue weighted by atomic mass is 32.1. The van der Waals surface area contributed by atoms with Crippen LogP contribution in [0.3, 0.4) is 0 Å². The Kier molecular flexibility index (Phi) is 2.99. The van der Waals surface area contributed by atoms with E-state index in [4.69, 9.17) is 16.6 Å². The van der Waals surface area contributed by atoms with Gasteiger partial charge >= 0.3 is 0 Å². The predicted octanol–water partition coefficient (Wildman–Crippen LogP) is 4.63. The van der Waals surface area contributed by atoms with E-state index in [-0.39, 0.29) is 0 Å². The maximum absolute atomic E-state index is 5.64. The monoisotopic (exact) mass is 269 g/mol. The second-order valence-electron chi connectivity index (χ2n) is 4.85. The molecule has 0 amide bonds. The van der Waals surface area contributed by atoms with Crippen LogP contribution in [0, 0.1) is 18.7 Å². The van der Waals surface area contributed by atoms with Crippen LogP contribution in [0.5, 0.6) is 0 Å². The van der Waals surface area contributed by atoms with E-state index >= 15 is 0 Å². The van der Waals surface area contributed by atoms with Crippen LogP contribution in [0.15, 0.2) is 46.9 Å². The molecule has 2 nitrogen and oxygen atoms in total. The first-order valence-electron chi connectivity index (χ1n) is 6.29. The number of aromatic nitrogens is 1. The van der Waals surface area contributed by atoms with Gasteiger partial charge in [0.05, 0.1) is 12.1 Å². The average molecular weight is 269 g/mol. The summed E-state index contributed by atoms with van der Waals surface area (Å²) in [7, 11) is 0. The second kappa shape index (κ2) is 4.67. The topological polar surface area (TPSA) is 18.1 Å². The minimum absolute atomic E-state index is 0.531. The summed E-state index contributed by atoms with van der Waals surface area (Å²) in [5.74, 6) is 0. The number of aryl methyl sites for hydroxylation is 2. The van der Waals surface area contributed by atoms with Gasteiger partial charge in [-0.15, -0.1) is 0 Å². The number of benzene rings is 2. The molecule has 2 aromatic carbocycles. The summed E-state index contributed by atoms with van der Waals surface area (Å²) < 4.78 is 7.70. The molecule has 1 heterocycles. The molecule has 0 aliphatic rings. The fourth-order valence-corrected chi connectivity index (χ4v) is 2.53. The molecule has 3 rings (SSSR count). The summed E-state index contributed by atoms with van der Waals surface area (Å²) in [6, 6.07) is 14.5. The lowest BCUT2D eigenvalue weighted by molar-refractivity contribution is 0.548. The molecule has 3 heteroatoms. The molecule has 0 bridgehead atoms. The van der Waals surface area contributed by atoms with Crippen LogP contribution in [0.1, 0.15) is 16.7 Å². The van der Waals surface area contributed by atoms with Crippen molar-refractivity contribution in [3.63, 3.8) is 0 Å². The summed E-state index contributed by atoms with van der Waals surface area (Å²) in [5.41, 5.74) is 5.66. The molecule has 0 atom stereocenters. The highest BCUT2D eigenvalue weighted by molar-refractivity contribution is 7.71. The van der Waals surface area contributed by atoms with E-state index in [1.807, 2.05) is 12.1 Å². The minimum atomic E-state index is 0.531. The molecule has 1 aromatic heterocycles. The van der Waals surface area contributed by atoms with Crippen LogP contribution in [-0.2, 0) is 6.54 Å². The van der Waals surface area contributed by atoms with Crippen LogP contribution in [0.25, 0.3) is 11.1 Å². The van der Waals surface area contributed by atoms with Crippen molar-refractivity contribution < 1.29 is 4.42 Å². The summed E-state index contributed by atoms with van der Waals surface area (Å²) in [4.78, 5) is 0.531. The molecule has 0 fully saturated rings. The van der Waals surface area contributed by atoms with Crippen molar-refractivity contribution in [3.05, 3.63) is 64.0 Å². The van der Waals surface area contributed by atoms with E-state index in [2.05, 4.69) is 48.7 Å². The lowest BCUT2D eigenvalue weighted by Crippen LogP contribution is -2.01. The molecule has 0 spiro atoms. The second-order valence-corrected chi connectivity index (χ2v) is 5.20. The highest BCUT2D eigenvalue weighted by Gasteiger charge is 2.08. The van der Waals surface area contributed by atoms with E-state index in [0.717, 1.165) is 17.6 Å². The summed E-state index contributed by atoms with van der Waals surface area (Å²) in [5, 5.41) is 0. The molecule has 3 aromatic rings. The normalized spacial score (nSPS) is 11.1. The lowest BCUT2D eigenvalue weighted by Gasteiger charge is -2.07. The number of oxazole rings is 1. The summed E-state index contributed by atoms with van der Waals surface area (Å²) >= 11 is 5.33. The van der Waals surface area contributed by atoms with Gasteiger partial charge in [-0.25, -0.2) is 0 Å². The Morgan fingerprint density at radius 3 is 2.68 bits per heavy atom. The maximum Gasteiger partial charge on any atom is 0.269 e. The zero-order valence-corrected chi connectivity index (χ0v) is 11.8. The van der Waals surface area contributed by atoms with Gasteiger partial charge in [-0.05, 0) is 54.9 Å². The highest BCUT2D eigenvalue weighted by Crippen LogP contribution is 2.21. The largest absolute Gasteiger partial charge is 0.429 e. The number of hydrogen-bond donors (Lipinski definition) is 0. The van der Waals surface area contributed by atoms with E-state index < -0.39 is 0 Å². The number of hydrogen-bond acceptors (Lipinski definition) is 2. The standard InChI is InChI=1S/C16H15NOS/c1-11-7-8-15-14(9-11)17(16(19)18-15)10-13-6-4-3-5-12(13)2/h3-9H,10H2,1-2H3. The van der Waals surface area contributed by atoms with Gasteiger partial charge in [0.1, 0.15) is 0 Å². The van der Waals surface area contributed by atoms with Gasteiger partial charge in [0.25, 0.3) is 4.84 Å². The van der Waals surface area contributed by atoms with E-state index in [1.165, 1.54) is 16.7 Å². The van der Waals surface area contributed by atoms with Crippen LogP contribution >= 0.6 is 12.2 Å². The Labute approximate surface area is 117 Å². The fraction of sp³-hybridized carbons (Fsp3) is 0.188. The molecule has 0 N–H and O–H groups in total. The molecular formula is C16H15NOS. The van der Waals surface area contributed by atoms with Crippen molar-refractivity contribution in [3.8, 4) is 0 Å². The van der Waals surface area contributed by atoms with Crippen LogP contribution in [0.2, 0.25) is 0 Å². The van der Waals surface area contributed by atoms with Crippen molar-refractivity contribution in [2.45, 2.75) is 20.4 Å². The van der Waals surface area contributed by atoms with Crippen molar-refractivity contribution in [2.24, 2.45) is 0 Å². The Balaban J connectivity index is 2.15. The third-order valence-electron chi connectivity index (χ3n) is 3.41. The first-order chi connectivity index (χ1) is 9.15. The van der Waals surface area contributed by atoms with Crippen molar-refractivity contribution >= 4 is 23.3 Å². The number of fused-ring (bicyclic) bond motifs is 1. The number of rotatable bonds is 2. The first-order valence-corrected chi connectivity index (χ1v) is 6.70. The van der Waals surface area contributed by atoms with Gasteiger partial charge < -0.3 is 4.42 Å². The van der Waals surface area contributed by atoms with Crippen LogP contribution < -0.4 is 0 Å². The zero-order valence-electron chi connectivity index (χ0n) is 11.0. The Bertz CT molecular complexity index is 798. The quantitative estimate of drug-likeness (QED) is 0.631. The molecule has 0 saturated heterocycles. The van der Waals surface area contributed by atoms with Gasteiger partial charge in [0.2, 0.25) is 0 Å². The molecule has 0 aliphatic carbocycles. The zero-order chi connectivity index (χ0) is 13.4. The summed E-state index contributed by atoms with van der Waals surface area (Å²) in [6.45, 7) is 4.95. The van der Waals surface area contributed by atoms with Gasteiger partial charge in [0, 0.05) is 0 Å². The van der Waals surface area contributed by atoms with Gasteiger partial charge in [0.15, 0.2) is 5.58 Å².